The summed E-state index contributed by atoms with van der Waals surface area (Å²) in [7, 11) is 0. The van der Waals surface area contributed by atoms with E-state index in [-0.39, 0.29) is 41.2 Å². The zero-order valence-electron chi connectivity index (χ0n) is 14.0. The summed E-state index contributed by atoms with van der Waals surface area (Å²) in [5.74, 6) is 0.411. The van der Waals surface area contributed by atoms with Gasteiger partial charge in [-0.2, -0.15) is 0 Å². The Hall–Kier alpha value is -1.85. The maximum Gasteiger partial charge on any atom is 0.334 e. The van der Waals surface area contributed by atoms with E-state index in [2.05, 4.69) is 13.0 Å². The number of allylic oxidation sites excluding steroid dienone is 3. The van der Waals surface area contributed by atoms with Crippen LogP contribution in [0.25, 0.3) is 0 Å². The first-order chi connectivity index (χ1) is 12.1. The lowest BCUT2D eigenvalue weighted by Crippen LogP contribution is -2.54. The molecule has 5 heteroatoms. The Labute approximate surface area is 145 Å². The zero-order valence-corrected chi connectivity index (χ0v) is 14.0. The van der Waals surface area contributed by atoms with Crippen LogP contribution < -0.4 is 0 Å². The fraction of sp³-hybridized carbons (Fsp3) is 0.550. The quantitative estimate of drug-likeness (QED) is 0.735. The van der Waals surface area contributed by atoms with E-state index in [0.717, 1.165) is 24.0 Å². The highest BCUT2D eigenvalue weighted by atomic mass is 16.7. The van der Waals surface area contributed by atoms with Crippen LogP contribution in [0.1, 0.15) is 31.4 Å². The molecule has 2 bridgehead atoms. The van der Waals surface area contributed by atoms with Gasteiger partial charge >= 0.3 is 5.97 Å². The van der Waals surface area contributed by atoms with Crippen molar-refractivity contribution in [3.8, 4) is 0 Å². The van der Waals surface area contributed by atoms with Gasteiger partial charge in [0.05, 0.1) is 24.7 Å². The summed E-state index contributed by atoms with van der Waals surface area (Å²) >= 11 is 0. The molecule has 7 atom stereocenters. The standard InChI is InChI=1S/C20H20O5/c1-11-14-7-19-10-23-17(21)13(19)3-2-4-16(19)20(11)8-15(25-18(20)24-14)12-5-6-22-9-12/h2-6,9,11,14-16,18H,7-8,10H2,1H3/t11?,14?,15?,16?,18?,19-,20-/m1/s1. The highest BCUT2D eigenvalue weighted by molar-refractivity contribution is 5.93. The zero-order chi connectivity index (χ0) is 16.8. The third kappa shape index (κ3) is 1.51. The molecule has 1 saturated carbocycles. The Morgan fingerprint density at radius 2 is 2.16 bits per heavy atom. The van der Waals surface area contributed by atoms with Crippen molar-refractivity contribution in [3.63, 3.8) is 0 Å². The van der Waals surface area contributed by atoms with Gasteiger partial charge in [0.15, 0.2) is 6.29 Å². The van der Waals surface area contributed by atoms with Gasteiger partial charge in [-0.05, 0) is 24.8 Å². The lowest BCUT2D eigenvalue weighted by Gasteiger charge is -2.52. The van der Waals surface area contributed by atoms with Crippen molar-refractivity contribution in [2.45, 2.75) is 38.3 Å². The second-order valence-corrected chi connectivity index (χ2v) is 8.17. The minimum Gasteiger partial charge on any atom is -0.472 e. The molecule has 0 radical (unpaired) electrons. The van der Waals surface area contributed by atoms with Crippen molar-refractivity contribution >= 4 is 5.97 Å². The van der Waals surface area contributed by atoms with Gasteiger partial charge in [-0.3, -0.25) is 0 Å². The molecule has 5 aliphatic rings. The number of hydrogen-bond donors (Lipinski definition) is 0. The number of carbonyl (C=O) groups excluding carboxylic acids is 1. The van der Waals surface area contributed by atoms with E-state index in [1.807, 2.05) is 18.2 Å². The topological polar surface area (TPSA) is 57.9 Å². The van der Waals surface area contributed by atoms with Crippen LogP contribution in [0.3, 0.4) is 0 Å². The number of rotatable bonds is 1. The van der Waals surface area contributed by atoms with Crippen molar-refractivity contribution in [2.24, 2.45) is 22.7 Å². The first-order valence-electron chi connectivity index (χ1n) is 9.04. The summed E-state index contributed by atoms with van der Waals surface area (Å²) in [4.78, 5) is 12.3. The van der Waals surface area contributed by atoms with E-state index >= 15 is 0 Å². The van der Waals surface area contributed by atoms with Gasteiger partial charge in [0.25, 0.3) is 0 Å². The second-order valence-electron chi connectivity index (χ2n) is 8.17. The van der Waals surface area contributed by atoms with Crippen LogP contribution in [0.4, 0.5) is 0 Å². The normalized spacial score (nSPS) is 49.4. The Bertz CT molecular complexity index is 808. The largest absolute Gasteiger partial charge is 0.472 e. The molecule has 0 N–H and O–H groups in total. The van der Waals surface area contributed by atoms with Gasteiger partial charge in [-0.25, -0.2) is 4.79 Å². The lowest BCUT2D eigenvalue weighted by atomic mass is 9.48. The number of hydrogen-bond acceptors (Lipinski definition) is 5. The van der Waals surface area contributed by atoms with Crippen LogP contribution in [-0.4, -0.2) is 25.0 Å². The summed E-state index contributed by atoms with van der Waals surface area (Å²) in [6, 6.07) is 1.97. The predicted octanol–water partition coefficient (Wildman–Crippen LogP) is 3.15. The molecule has 130 valence electrons. The Kier molecular flexibility index (Phi) is 2.56. The average Bonchev–Trinajstić information content (AvgIpc) is 3.34. The van der Waals surface area contributed by atoms with Crippen molar-refractivity contribution in [2.75, 3.05) is 6.61 Å². The number of esters is 1. The van der Waals surface area contributed by atoms with Crippen LogP contribution in [0.5, 0.6) is 0 Å². The molecule has 25 heavy (non-hydrogen) atoms. The van der Waals surface area contributed by atoms with E-state index in [1.165, 1.54) is 0 Å². The maximum atomic E-state index is 12.3. The molecule has 4 fully saturated rings. The molecule has 0 aromatic carbocycles. The van der Waals surface area contributed by atoms with E-state index in [1.54, 1.807) is 12.5 Å². The Balaban J connectivity index is 1.48. The highest BCUT2D eigenvalue weighted by Gasteiger charge is 2.73. The highest BCUT2D eigenvalue weighted by Crippen LogP contribution is 2.71. The number of carbonyl (C=O) groups is 1. The SMILES string of the molecule is CC1C2C[C@@]34COC(=O)C3=CC=CC4[C@@]13CC(c1ccoc1)OC3O2. The number of ether oxygens (including phenoxy) is 3. The van der Waals surface area contributed by atoms with E-state index in [4.69, 9.17) is 18.6 Å². The molecule has 1 aromatic heterocycles. The molecule has 2 spiro atoms. The second kappa shape index (κ2) is 4.46. The smallest absolute Gasteiger partial charge is 0.334 e. The van der Waals surface area contributed by atoms with Crippen molar-refractivity contribution < 1.29 is 23.4 Å². The molecule has 4 heterocycles. The third-order valence-electron chi connectivity index (χ3n) is 7.41. The first-order valence-corrected chi connectivity index (χ1v) is 9.04. The van der Waals surface area contributed by atoms with E-state index in [0.29, 0.717) is 12.5 Å². The molecule has 2 aliphatic carbocycles. The lowest BCUT2D eigenvalue weighted by molar-refractivity contribution is -0.149. The molecular weight excluding hydrogens is 320 g/mol. The van der Waals surface area contributed by atoms with E-state index < -0.39 is 0 Å². The molecule has 3 aliphatic heterocycles. The van der Waals surface area contributed by atoms with Gasteiger partial charge in [0.1, 0.15) is 6.61 Å². The number of furan rings is 1. The van der Waals surface area contributed by atoms with Gasteiger partial charge in [-0.15, -0.1) is 0 Å². The summed E-state index contributed by atoms with van der Waals surface area (Å²) in [6.07, 6.45) is 11.2. The molecule has 0 amide bonds. The monoisotopic (exact) mass is 340 g/mol. The number of cyclic esters (lactones) is 1. The van der Waals surface area contributed by atoms with Gasteiger partial charge < -0.3 is 18.6 Å². The fourth-order valence-corrected chi connectivity index (χ4v) is 6.20. The minimum atomic E-state index is -0.258. The third-order valence-corrected chi connectivity index (χ3v) is 7.41. The summed E-state index contributed by atoms with van der Waals surface area (Å²) in [5, 5.41) is 0. The molecule has 5 nitrogen and oxygen atoms in total. The van der Waals surface area contributed by atoms with Crippen LogP contribution in [0.2, 0.25) is 0 Å². The first kappa shape index (κ1) is 14.3. The predicted molar refractivity (Wildman–Crippen MR) is 86.1 cm³/mol. The van der Waals surface area contributed by atoms with Crippen molar-refractivity contribution in [1.29, 1.82) is 0 Å². The van der Waals surface area contributed by atoms with Crippen molar-refractivity contribution in [3.05, 3.63) is 48.0 Å². The van der Waals surface area contributed by atoms with Crippen LogP contribution in [-0.2, 0) is 19.0 Å². The van der Waals surface area contributed by atoms with Gasteiger partial charge in [0, 0.05) is 27.9 Å². The average molecular weight is 340 g/mol. The minimum absolute atomic E-state index is 0.0249. The molecule has 5 unspecified atom stereocenters. The fourth-order valence-electron chi connectivity index (χ4n) is 6.20. The van der Waals surface area contributed by atoms with Crippen LogP contribution in [0, 0.1) is 22.7 Å². The number of fused-ring (bicyclic) bond motifs is 1. The summed E-state index contributed by atoms with van der Waals surface area (Å²) in [6.45, 7) is 2.74. The molecule has 6 rings (SSSR count). The van der Waals surface area contributed by atoms with Crippen LogP contribution >= 0.6 is 0 Å². The summed E-state index contributed by atoms with van der Waals surface area (Å²) < 4.78 is 23.5. The Morgan fingerprint density at radius 3 is 3.00 bits per heavy atom. The molecule has 3 saturated heterocycles. The van der Waals surface area contributed by atoms with Gasteiger partial charge in [0.2, 0.25) is 0 Å². The van der Waals surface area contributed by atoms with Gasteiger partial charge in [-0.1, -0.05) is 25.2 Å². The van der Waals surface area contributed by atoms with Crippen LogP contribution in [0.15, 0.2) is 46.8 Å². The van der Waals surface area contributed by atoms with E-state index in [9.17, 15) is 4.79 Å². The van der Waals surface area contributed by atoms with Crippen molar-refractivity contribution in [1.82, 2.24) is 0 Å². The maximum absolute atomic E-state index is 12.3. The molecule has 1 aromatic rings. The summed E-state index contributed by atoms with van der Waals surface area (Å²) in [5.41, 5.74) is 1.50. The molecular formula is C20H20O5. The Morgan fingerprint density at radius 1 is 1.24 bits per heavy atom.